The summed E-state index contributed by atoms with van der Waals surface area (Å²) in [6.45, 7) is 13.9. The molecule has 0 bridgehead atoms. The van der Waals surface area contributed by atoms with Crippen LogP contribution in [0.2, 0.25) is 0 Å². The van der Waals surface area contributed by atoms with Crippen molar-refractivity contribution in [2.75, 3.05) is 39.4 Å². The maximum absolute atomic E-state index is 5.62. The van der Waals surface area contributed by atoms with Crippen LogP contribution in [0.1, 0.15) is 59.3 Å². The molecule has 21 heavy (non-hydrogen) atoms. The lowest BCUT2D eigenvalue weighted by atomic mass is 9.74. The second-order valence-electron chi connectivity index (χ2n) is 7.19. The summed E-state index contributed by atoms with van der Waals surface area (Å²) in [5, 5.41) is 3.79. The molecular weight excluding hydrogens is 260 g/mol. The molecule has 2 saturated heterocycles. The van der Waals surface area contributed by atoms with Crippen LogP contribution in [0.15, 0.2) is 0 Å². The molecule has 0 radical (unpaired) electrons. The largest absolute Gasteiger partial charge is 0.381 e. The zero-order chi connectivity index (χ0) is 15.1. The Bertz CT molecular complexity index is 275. The van der Waals surface area contributed by atoms with Gasteiger partial charge in [-0.2, -0.15) is 0 Å². The summed E-state index contributed by atoms with van der Waals surface area (Å²) < 4.78 is 5.62. The lowest BCUT2D eigenvalue weighted by molar-refractivity contribution is 0.0801. The molecule has 0 aromatic rings. The number of hydrogen-bond acceptors (Lipinski definition) is 3. The van der Waals surface area contributed by atoms with Gasteiger partial charge in [0.2, 0.25) is 0 Å². The van der Waals surface area contributed by atoms with Crippen LogP contribution in [-0.2, 0) is 4.74 Å². The van der Waals surface area contributed by atoms with Crippen LogP contribution in [0, 0.1) is 11.3 Å². The van der Waals surface area contributed by atoms with Gasteiger partial charge in [0.25, 0.3) is 0 Å². The van der Waals surface area contributed by atoms with Crippen molar-refractivity contribution >= 4 is 0 Å². The second kappa shape index (κ2) is 8.50. The molecule has 3 heteroatoms. The first-order chi connectivity index (χ1) is 10.2. The molecule has 2 aliphatic heterocycles. The minimum Gasteiger partial charge on any atom is -0.381 e. The molecular formula is C18H36N2O. The Morgan fingerprint density at radius 3 is 2.43 bits per heavy atom. The van der Waals surface area contributed by atoms with E-state index in [1.165, 1.54) is 58.2 Å². The van der Waals surface area contributed by atoms with Crippen LogP contribution >= 0.6 is 0 Å². The fourth-order valence-electron chi connectivity index (χ4n) is 4.03. The zero-order valence-corrected chi connectivity index (χ0v) is 14.5. The van der Waals surface area contributed by atoms with Crippen molar-refractivity contribution in [2.45, 2.75) is 65.3 Å². The number of nitrogens with zero attached hydrogens (tertiary/aromatic N) is 1. The van der Waals surface area contributed by atoms with Crippen LogP contribution in [0.5, 0.6) is 0 Å². The van der Waals surface area contributed by atoms with Gasteiger partial charge in [-0.3, -0.25) is 0 Å². The summed E-state index contributed by atoms with van der Waals surface area (Å²) in [5.41, 5.74) is 0.638. The molecule has 0 amide bonds. The van der Waals surface area contributed by atoms with Crippen LogP contribution < -0.4 is 5.32 Å². The molecule has 3 nitrogen and oxygen atoms in total. The molecule has 2 unspecified atom stereocenters. The van der Waals surface area contributed by atoms with Gasteiger partial charge in [0.05, 0.1) is 6.61 Å². The van der Waals surface area contributed by atoms with E-state index in [9.17, 15) is 0 Å². The molecule has 0 saturated carbocycles. The van der Waals surface area contributed by atoms with E-state index < -0.39 is 0 Å². The minimum absolute atomic E-state index is 0.628. The highest BCUT2D eigenvalue weighted by Gasteiger charge is 2.33. The van der Waals surface area contributed by atoms with E-state index in [1.54, 1.807) is 0 Å². The van der Waals surface area contributed by atoms with Gasteiger partial charge in [0, 0.05) is 25.1 Å². The fourth-order valence-corrected chi connectivity index (χ4v) is 4.03. The van der Waals surface area contributed by atoms with E-state index in [4.69, 9.17) is 4.74 Å². The van der Waals surface area contributed by atoms with Crippen molar-refractivity contribution in [2.24, 2.45) is 11.3 Å². The molecule has 0 spiro atoms. The Balaban J connectivity index is 1.83. The first kappa shape index (κ1) is 17.2. The number of piperidine rings is 1. The molecule has 2 atom stereocenters. The van der Waals surface area contributed by atoms with Gasteiger partial charge in [0.15, 0.2) is 0 Å². The minimum atomic E-state index is 0.628. The summed E-state index contributed by atoms with van der Waals surface area (Å²) in [4.78, 5) is 2.70. The molecule has 0 aromatic heterocycles. The average molecular weight is 296 g/mol. The predicted octanol–water partition coefficient (Wildman–Crippen LogP) is 3.29. The maximum atomic E-state index is 5.62. The van der Waals surface area contributed by atoms with E-state index in [2.05, 4.69) is 31.0 Å². The monoisotopic (exact) mass is 296 g/mol. The first-order valence-electron chi connectivity index (χ1n) is 9.26. The smallest absolute Gasteiger partial charge is 0.0510 e. The van der Waals surface area contributed by atoms with Crippen molar-refractivity contribution in [3.63, 3.8) is 0 Å². The lowest BCUT2D eigenvalue weighted by Gasteiger charge is -2.42. The number of ether oxygens (including phenoxy) is 1. The van der Waals surface area contributed by atoms with Crippen molar-refractivity contribution < 1.29 is 4.74 Å². The zero-order valence-electron chi connectivity index (χ0n) is 14.5. The SMILES string of the molecule is CCCNC(CN1CCC(CC)(CC)CC1)C1CCOC1. The van der Waals surface area contributed by atoms with E-state index in [0.717, 1.165) is 25.7 Å². The normalized spacial score (nSPS) is 27.9. The Morgan fingerprint density at radius 1 is 1.19 bits per heavy atom. The summed E-state index contributed by atoms with van der Waals surface area (Å²) >= 11 is 0. The maximum Gasteiger partial charge on any atom is 0.0510 e. The lowest BCUT2D eigenvalue weighted by Crippen LogP contribution is -2.49. The number of likely N-dealkylation sites (tertiary alicyclic amines) is 1. The third-order valence-corrected chi connectivity index (χ3v) is 6.06. The van der Waals surface area contributed by atoms with Gasteiger partial charge in [-0.1, -0.05) is 33.6 Å². The third-order valence-electron chi connectivity index (χ3n) is 6.06. The van der Waals surface area contributed by atoms with E-state index >= 15 is 0 Å². The molecule has 2 rings (SSSR count). The third kappa shape index (κ3) is 4.67. The topological polar surface area (TPSA) is 24.5 Å². The van der Waals surface area contributed by atoms with Crippen molar-refractivity contribution in [1.82, 2.24) is 10.2 Å². The van der Waals surface area contributed by atoms with E-state index in [0.29, 0.717) is 11.5 Å². The highest BCUT2D eigenvalue weighted by molar-refractivity contribution is 4.88. The van der Waals surface area contributed by atoms with Gasteiger partial charge in [-0.15, -0.1) is 0 Å². The Kier molecular flexibility index (Phi) is 6.97. The molecule has 0 aromatic carbocycles. The summed E-state index contributed by atoms with van der Waals surface area (Å²) in [6, 6.07) is 0.628. The molecule has 0 aliphatic carbocycles. The second-order valence-corrected chi connectivity index (χ2v) is 7.19. The van der Waals surface area contributed by atoms with E-state index in [1.807, 2.05) is 0 Å². The standard InChI is InChI=1S/C18H36N2O/c1-4-10-19-17(16-7-13-21-15-16)14-20-11-8-18(5-2,6-3)9-12-20/h16-17,19H,4-15H2,1-3H3. The number of hydrogen-bond donors (Lipinski definition) is 1. The Labute approximate surface area is 131 Å². The summed E-state index contributed by atoms with van der Waals surface area (Å²) in [6.07, 6.45) is 7.95. The summed E-state index contributed by atoms with van der Waals surface area (Å²) in [5.74, 6) is 0.723. The highest BCUT2D eigenvalue weighted by Crippen LogP contribution is 2.38. The Hall–Kier alpha value is -0.120. The van der Waals surface area contributed by atoms with Crippen LogP contribution in [0.4, 0.5) is 0 Å². The van der Waals surface area contributed by atoms with E-state index in [-0.39, 0.29) is 0 Å². The Morgan fingerprint density at radius 2 is 1.90 bits per heavy atom. The van der Waals surface area contributed by atoms with Gasteiger partial charge in [0.1, 0.15) is 0 Å². The van der Waals surface area contributed by atoms with Crippen LogP contribution in [0.25, 0.3) is 0 Å². The van der Waals surface area contributed by atoms with Crippen LogP contribution in [-0.4, -0.2) is 50.3 Å². The quantitative estimate of drug-likeness (QED) is 0.744. The van der Waals surface area contributed by atoms with Gasteiger partial charge >= 0.3 is 0 Å². The molecule has 2 aliphatic rings. The van der Waals surface area contributed by atoms with Gasteiger partial charge < -0.3 is 15.0 Å². The van der Waals surface area contributed by atoms with Crippen molar-refractivity contribution in [1.29, 1.82) is 0 Å². The van der Waals surface area contributed by atoms with Gasteiger partial charge in [-0.25, -0.2) is 0 Å². The van der Waals surface area contributed by atoms with Gasteiger partial charge in [-0.05, 0) is 50.7 Å². The molecule has 2 heterocycles. The predicted molar refractivity (Wildman–Crippen MR) is 89.7 cm³/mol. The molecule has 1 N–H and O–H groups in total. The fraction of sp³-hybridized carbons (Fsp3) is 1.00. The average Bonchev–Trinajstić information content (AvgIpc) is 3.06. The first-order valence-corrected chi connectivity index (χ1v) is 9.26. The van der Waals surface area contributed by atoms with Crippen LogP contribution in [0.3, 0.4) is 0 Å². The molecule has 2 fully saturated rings. The number of nitrogens with one attached hydrogen (secondary N) is 1. The summed E-state index contributed by atoms with van der Waals surface area (Å²) in [7, 11) is 0. The molecule has 124 valence electrons. The van der Waals surface area contributed by atoms with Crippen molar-refractivity contribution in [3.8, 4) is 0 Å². The van der Waals surface area contributed by atoms with Crippen molar-refractivity contribution in [3.05, 3.63) is 0 Å². The number of rotatable bonds is 8. The highest BCUT2D eigenvalue weighted by atomic mass is 16.5.